The van der Waals surface area contributed by atoms with E-state index in [1.54, 1.807) is 25.2 Å². The van der Waals surface area contributed by atoms with Gasteiger partial charge in [-0.05, 0) is 42.8 Å². The molecule has 0 radical (unpaired) electrons. The summed E-state index contributed by atoms with van der Waals surface area (Å²) < 4.78 is 16.8. The maximum absolute atomic E-state index is 9.75. The minimum absolute atomic E-state index is 0.0452. The first kappa shape index (κ1) is 24.2. The van der Waals surface area contributed by atoms with Crippen LogP contribution in [-0.2, 0) is 14.2 Å². The fraction of sp³-hybridized carbons (Fsp3) is 0.360. The van der Waals surface area contributed by atoms with Crippen LogP contribution in [-0.4, -0.2) is 55.5 Å². The Morgan fingerprint density at radius 2 is 1.94 bits per heavy atom. The number of aliphatic hydroxyl groups excluding tert-OH is 2. The van der Waals surface area contributed by atoms with Crippen molar-refractivity contribution in [1.82, 2.24) is 0 Å². The maximum Gasteiger partial charge on any atom is 0.160 e. The van der Waals surface area contributed by atoms with Gasteiger partial charge in [-0.2, -0.15) is 10.5 Å². The summed E-state index contributed by atoms with van der Waals surface area (Å²) in [5.74, 6) is 1.16. The van der Waals surface area contributed by atoms with Crippen LogP contribution >= 0.6 is 0 Å². The van der Waals surface area contributed by atoms with Gasteiger partial charge in [0.25, 0.3) is 0 Å². The lowest BCUT2D eigenvalue weighted by atomic mass is 10.1. The number of allylic oxidation sites excluding steroid dienone is 6. The van der Waals surface area contributed by atoms with Crippen molar-refractivity contribution in [1.29, 1.82) is 10.5 Å². The van der Waals surface area contributed by atoms with Crippen molar-refractivity contribution in [3.8, 4) is 12.1 Å². The molecule has 3 atom stereocenters. The Morgan fingerprint density at radius 1 is 1.21 bits per heavy atom. The summed E-state index contributed by atoms with van der Waals surface area (Å²) in [5.41, 5.74) is 2.56. The van der Waals surface area contributed by atoms with Gasteiger partial charge in [0, 0.05) is 31.3 Å². The highest BCUT2D eigenvalue weighted by atomic mass is 16.7. The number of nitrogens with zero attached hydrogens (tertiary/aromatic N) is 3. The van der Waals surface area contributed by atoms with Crippen molar-refractivity contribution in [3.63, 3.8) is 0 Å². The number of nitriles is 2. The van der Waals surface area contributed by atoms with Crippen LogP contribution in [0.15, 0.2) is 65.2 Å². The fourth-order valence-corrected chi connectivity index (χ4v) is 3.47. The third-order valence-corrected chi connectivity index (χ3v) is 5.32. The second kappa shape index (κ2) is 11.5. The Balaban J connectivity index is 1.54. The number of hydrogen-bond donors (Lipinski definition) is 2. The maximum atomic E-state index is 9.75. The predicted molar refractivity (Wildman–Crippen MR) is 122 cm³/mol. The monoisotopic (exact) mass is 449 g/mol. The number of benzene rings is 1. The number of aliphatic hydroxyl groups is 2. The summed E-state index contributed by atoms with van der Waals surface area (Å²) in [6.45, 7) is 2.61. The minimum atomic E-state index is -0.699. The van der Waals surface area contributed by atoms with Crippen LogP contribution in [0, 0.1) is 22.7 Å². The van der Waals surface area contributed by atoms with Crippen molar-refractivity contribution in [2.24, 2.45) is 0 Å². The molecule has 0 aliphatic carbocycles. The summed E-state index contributed by atoms with van der Waals surface area (Å²) in [7, 11) is 1.96. The highest BCUT2D eigenvalue weighted by Crippen LogP contribution is 2.24. The van der Waals surface area contributed by atoms with Gasteiger partial charge in [0.15, 0.2) is 6.29 Å². The van der Waals surface area contributed by atoms with Crippen molar-refractivity contribution in [3.05, 3.63) is 70.7 Å². The number of likely N-dealkylation sites (N-methyl/N-ethyl adjacent to an activating group) is 1. The average Bonchev–Trinajstić information content (AvgIpc) is 3.18. The Labute approximate surface area is 193 Å². The molecule has 2 N–H and O–H groups in total. The van der Waals surface area contributed by atoms with Crippen molar-refractivity contribution >= 4 is 11.8 Å². The van der Waals surface area contributed by atoms with Crippen LogP contribution in [0.1, 0.15) is 18.9 Å². The Bertz CT molecular complexity index is 1030. The van der Waals surface area contributed by atoms with E-state index in [1.165, 1.54) is 0 Å². The molecular formula is C25H27N3O5. The van der Waals surface area contributed by atoms with Crippen LogP contribution < -0.4 is 4.90 Å². The molecule has 2 aliphatic heterocycles. The zero-order valence-corrected chi connectivity index (χ0v) is 18.6. The van der Waals surface area contributed by atoms with Gasteiger partial charge in [-0.1, -0.05) is 18.2 Å². The third-order valence-electron chi connectivity index (χ3n) is 5.32. The van der Waals surface area contributed by atoms with E-state index >= 15 is 0 Å². The second-order valence-corrected chi connectivity index (χ2v) is 7.76. The summed E-state index contributed by atoms with van der Waals surface area (Å²) in [6, 6.07) is 11.7. The van der Waals surface area contributed by atoms with Gasteiger partial charge < -0.3 is 29.3 Å². The molecule has 0 unspecified atom stereocenters. The standard InChI is InChI=1S/C25H27N3O5/c1-17-11-19(20(14-26)15-27)12-22(32-17)8-5-18-3-6-21(7-4-18)28(2)9-10-31-25-13-23(30)24(16-29)33-25/h3-8,11-12,23-25,29-30H,9-10,13,16H2,1-2H3/b8-5+/t23-,24+,25+/m0/s1. The molecule has 0 saturated carbocycles. The van der Waals surface area contributed by atoms with Crippen LogP contribution in [0.3, 0.4) is 0 Å². The first-order valence-corrected chi connectivity index (χ1v) is 10.6. The first-order valence-electron chi connectivity index (χ1n) is 10.6. The predicted octanol–water partition coefficient (Wildman–Crippen LogP) is 2.78. The molecular weight excluding hydrogens is 422 g/mol. The van der Waals surface area contributed by atoms with E-state index in [0.29, 0.717) is 36.7 Å². The minimum Gasteiger partial charge on any atom is -0.462 e. The van der Waals surface area contributed by atoms with Gasteiger partial charge in [0.1, 0.15) is 35.3 Å². The van der Waals surface area contributed by atoms with Gasteiger partial charge in [-0.15, -0.1) is 0 Å². The summed E-state index contributed by atoms with van der Waals surface area (Å²) >= 11 is 0. The normalized spacial score (nSPS) is 22.2. The molecule has 33 heavy (non-hydrogen) atoms. The fourth-order valence-electron chi connectivity index (χ4n) is 3.47. The van der Waals surface area contributed by atoms with E-state index in [1.807, 2.05) is 54.4 Å². The van der Waals surface area contributed by atoms with Gasteiger partial charge in [-0.3, -0.25) is 0 Å². The van der Waals surface area contributed by atoms with Crippen molar-refractivity contribution in [2.45, 2.75) is 31.8 Å². The summed E-state index contributed by atoms with van der Waals surface area (Å²) in [6.07, 6.45) is 5.61. The summed E-state index contributed by atoms with van der Waals surface area (Å²) in [4.78, 5) is 2.05. The van der Waals surface area contributed by atoms with Crippen LogP contribution in [0.2, 0.25) is 0 Å². The van der Waals surface area contributed by atoms with Crippen molar-refractivity contribution in [2.75, 3.05) is 31.7 Å². The largest absolute Gasteiger partial charge is 0.462 e. The van der Waals surface area contributed by atoms with Gasteiger partial charge in [-0.25, -0.2) is 0 Å². The molecule has 0 aromatic heterocycles. The Kier molecular flexibility index (Phi) is 8.42. The van der Waals surface area contributed by atoms with Crippen LogP contribution in [0.4, 0.5) is 5.69 Å². The molecule has 1 saturated heterocycles. The molecule has 8 heteroatoms. The van der Waals surface area contributed by atoms with Gasteiger partial charge >= 0.3 is 0 Å². The van der Waals surface area contributed by atoms with E-state index in [4.69, 9.17) is 29.8 Å². The highest BCUT2D eigenvalue weighted by Gasteiger charge is 2.33. The quantitative estimate of drug-likeness (QED) is 0.582. The lowest BCUT2D eigenvalue weighted by Gasteiger charge is -2.21. The number of rotatable bonds is 8. The Morgan fingerprint density at radius 3 is 2.58 bits per heavy atom. The number of hydrogen-bond acceptors (Lipinski definition) is 8. The lowest BCUT2D eigenvalue weighted by molar-refractivity contribution is -0.141. The molecule has 1 aromatic carbocycles. The topological polar surface area (TPSA) is 119 Å². The highest BCUT2D eigenvalue weighted by molar-refractivity contribution is 5.59. The molecule has 0 amide bonds. The smallest absolute Gasteiger partial charge is 0.160 e. The molecule has 0 bridgehead atoms. The van der Waals surface area contributed by atoms with Crippen molar-refractivity contribution < 1.29 is 24.4 Å². The molecule has 8 nitrogen and oxygen atoms in total. The number of ether oxygens (including phenoxy) is 3. The zero-order chi connectivity index (χ0) is 23.8. The molecule has 1 aromatic rings. The third kappa shape index (κ3) is 6.55. The molecule has 172 valence electrons. The Hall–Kier alpha value is -3.40. The molecule has 2 heterocycles. The van der Waals surface area contributed by atoms with E-state index < -0.39 is 18.5 Å². The average molecular weight is 450 g/mol. The van der Waals surface area contributed by atoms with E-state index in [-0.39, 0.29) is 12.2 Å². The van der Waals surface area contributed by atoms with Crippen LogP contribution in [0.5, 0.6) is 0 Å². The first-order chi connectivity index (χ1) is 15.9. The SMILES string of the molecule is CC1=CC(=C(C#N)C#N)C=C(/C=C/c2ccc(N(C)CCO[C@H]3C[C@H](O)[C@@H](CO)O3)cc2)O1. The summed E-state index contributed by atoms with van der Waals surface area (Å²) in [5, 5.41) is 37.0. The van der Waals surface area contributed by atoms with Crippen LogP contribution in [0.25, 0.3) is 6.08 Å². The molecule has 0 spiro atoms. The van der Waals surface area contributed by atoms with E-state index in [0.717, 1.165) is 11.3 Å². The lowest BCUT2D eigenvalue weighted by Crippen LogP contribution is -2.26. The molecule has 1 fully saturated rings. The van der Waals surface area contributed by atoms with E-state index in [2.05, 4.69) is 0 Å². The molecule has 3 rings (SSSR count). The van der Waals surface area contributed by atoms with E-state index in [9.17, 15) is 5.11 Å². The second-order valence-electron chi connectivity index (χ2n) is 7.76. The van der Waals surface area contributed by atoms with Gasteiger partial charge in [0.2, 0.25) is 0 Å². The molecule has 2 aliphatic rings. The number of anilines is 1. The zero-order valence-electron chi connectivity index (χ0n) is 18.6. The van der Waals surface area contributed by atoms with Gasteiger partial charge in [0.05, 0.1) is 19.3 Å².